The molecule has 1 N–H and O–H groups in total. The molecule has 4 rings (SSSR count). The Morgan fingerprint density at radius 1 is 1.03 bits per heavy atom. The minimum Gasteiger partial charge on any atom is -0.341 e. The van der Waals surface area contributed by atoms with E-state index in [1.807, 2.05) is 17.0 Å². The molecule has 1 aromatic carbocycles. The number of nitrogens with one attached hydrogen (secondary N) is 1. The summed E-state index contributed by atoms with van der Waals surface area (Å²) in [6, 6.07) is 7.22. The van der Waals surface area contributed by atoms with Crippen LogP contribution in [0.15, 0.2) is 24.3 Å². The standard InChI is InChI=1S/C23H26Cl2F3N5O2/c1-15-19(25)20(23(26,27)28)30-33(15)14-18(34)31-10-6-22(7-11-31,16-2-4-17(24)5-3-16)21(35)32-12-8-29-9-13-32/h2-5,29H,6-14H2,1H3. The molecule has 3 heterocycles. The fourth-order valence-corrected chi connectivity index (χ4v) is 5.16. The molecule has 2 fully saturated rings. The molecule has 2 aromatic rings. The number of carbonyl (C=O) groups excluding carboxylic acids is 2. The average molecular weight is 532 g/mol. The first-order chi connectivity index (χ1) is 16.5. The first kappa shape index (κ1) is 25.8. The molecule has 0 spiro atoms. The molecule has 0 bridgehead atoms. The van der Waals surface area contributed by atoms with E-state index in [4.69, 9.17) is 23.2 Å². The highest BCUT2D eigenvalue weighted by Crippen LogP contribution is 2.39. The highest BCUT2D eigenvalue weighted by molar-refractivity contribution is 6.32. The van der Waals surface area contributed by atoms with Crippen LogP contribution in [0.5, 0.6) is 0 Å². The second-order valence-corrected chi connectivity index (χ2v) is 9.73. The van der Waals surface area contributed by atoms with Gasteiger partial charge in [-0.15, -0.1) is 0 Å². The van der Waals surface area contributed by atoms with E-state index < -0.39 is 22.3 Å². The molecule has 0 saturated carbocycles. The van der Waals surface area contributed by atoms with E-state index in [9.17, 15) is 22.8 Å². The average Bonchev–Trinajstić information content (AvgIpc) is 3.13. The number of halogens is 5. The van der Waals surface area contributed by atoms with E-state index in [2.05, 4.69) is 10.4 Å². The number of aromatic nitrogens is 2. The van der Waals surface area contributed by atoms with Gasteiger partial charge in [0.2, 0.25) is 11.8 Å². The summed E-state index contributed by atoms with van der Waals surface area (Å²) in [4.78, 5) is 30.1. The second-order valence-electron chi connectivity index (χ2n) is 8.92. The molecule has 2 aliphatic rings. The third kappa shape index (κ3) is 5.15. The van der Waals surface area contributed by atoms with Gasteiger partial charge >= 0.3 is 6.18 Å². The smallest absolute Gasteiger partial charge is 0.341 e. The van der Waals surface area contributed by atoms with Crippen molar-refractivity contribution < 1.29 is 22.8 Å². The van der Waals surface area contributed by atoms with Gasteiger partial charge in [-0.05, 0) is 37.5 Å². The van der Waals surface area contributed by atoms with Crippen molar-refractivity contribution in [2.24, 2.45) is 0 Å². The first-order valence-electron chi connectivity index (χ1n) is 11.4. The molecule has 0 atom stereocenters. The van der Waals surface area contributed by atoms with Crippen molar-refractivity contribution in [1.82, 2.24) is 24.9 Å². The third-order valence-electron chi connectivity index (χ3n) is 6.87. The van der Waals surface area contributed by atoms with Crippen LogP contribution in [0.25, 0.3) is 0 Å². The van der Waals surface area contributed by atoms with Gasteiger partial charge in [-0.2, -0.15) is 18.3 Å². The monoisotopic (exact) mass is 531 g/mol. The van der Waals surface area contributed by atoms with Crippen LogP contribution in [0.2, 0.25) is 10.0 Å². The number of piperidine rings is 1. The molecule has 2 amide bonds. The Balaban J connectivity index is 1.52. The van der Waals surface area contributed by atoms with Crippen LogP contribution in [0.3, 0.4) is 0 Å². The van der Waals surface area contributed by atoms with Crippen LogP contribution in [0, 0.1) is 6.92 Å². The Bertz CT molecular complexity index is 1090. The highest BCUT2D eigenvalue weighted by atomic mass is 35.5. The summed E-state index contributed by atoms with van der Waals surface area (Å²) in [5, 5.41) is 6.83. The van der Waals surface area contributed by atoms with Crippen molar-refractivity contribution in [2.45, 2.75) is 37.9 Å². The molecular formula is C23H26Cl2F3N5O2. The largest absolute Gasteiger partial charge is 0.436 e. The van der Waals surface area contributed by atoms with Gasteiger partial charge in [-0.25, -0.2) is 0 Å². The molecular weight excluding hydrogens is 506 g/mol. The van der Waals surface area contributed by atoms with Gasteiger partial charge in [0, 0.05) is 44.3 Å². The van der Waals surface area contributed by atoms with Crippen molar-refractivity contribution in [3.05, 3.63) is 51.3 Å². The maximum atomic E-state index is 13.7. The molecule has 1 aromatic heterocycles. The lowest BCUT2D eigenvalue weighted by Crippen LogP contribution is -2.57. The number of nitrogens with zero attached hydrogens (tertiary/aromatic N) is 4. The second kappa shape index (κ2) is 9.99. The Morgan fingerprint density at radius 3 is 2.17 bits per heavy atom. The summed E-state index contributed by atoms with van der Waals surface area (Å²) in [5.41, 5.74) is -1.07. The van der Waals surface area contributed by atoms with Crippen molar-refractivity contribution in [2.75, 3.05) is 39.3 Å². The summed E-state index contributed by atoms with van der Waals surface area (Å²) in [6.07, 6.45) is -3.91. The third-order valence-corrected chi connectivity index (χ3v) is 7.57. The van der Waals surface area contributed by atoms with Crippen LogP contribution in [-0.4, -0.2) is 70.7 Å². The van der Waals surface area contributed by atoms with Gasteiger partial charge in [0.05, 0.1) is 16.1 Å². The van der Waals surface area contributed by atoms with Gasteiger partial charge in [0.1, 0.15) is 6.54 Å². The van der Waals surface area contributed by atoms with E-state index in [0.29, 0.717) is 44.0 Å². The van der Waals surface area contributed by atoms with Gasteiger partial charge in [-0.1, -0.05) is 35.3 Å². The van der Waals surface area contributed by atoms with E-state index >= 15 is 0 Å². The summed E-state index contributed by atoms with van der Waals surface area (Å²) >= 11 is 11.9. The van der Waals surface area contributed by atoms with E-state index in [1.54, 1.807) is 17.0 Å². The van der Waals surface area contributed by atoms with E-state index in [-0.39, 0.29) is 24.1 Å². The van der Waals surface area contributed by atoms with E-state index in [1.165, 1.54) is 6.92 Å². The van der Waals surface area contributed by atoms with Gasteiger partial charge in [-0.3, -0.25) is 14.3 Å². The molecule has 35 heavy (non-hydrogen) atoms. The predicted molar refractivity (Wildman–Crippen MR) is 125 cm³/mol. The zero-order valence-corrected chi connectivity index (χ0v) is 20.7. The van der Waals surface area contributed by atoms with Crippen LogP contribution < -0.4 is 5.32 Å². The van der Waals surface area contributed by atoms with Crippen molar-refractivity contribution in [3.63, 3.8) is 0 Å². The molecule has 0 radical (unpaired) electrons. The Labute approximate surface area is 211 Å². The fourth-order valence-electron chi connectivity index (χ4n) is 4.79. The number of piperazine rings is 1. The summed E-state index contributed by atoms with van der Waals surface area (Å²) in [6.45, 7) is 4.28. The van der Waals surface area contributed by atoms with E-state index in [0.717, 1.165) is 23.3 Å². The summed E-state index contributed by atoms with van der Waals surface area (Å²) in [7, 11) is 0. The van der Waals surface area contributed by atoms with Crippen molar-refractivity contribution >= 4 is 35.0 Å². The first-order valence-corrected chi connectivity index (χ1v) is 12.1. The number of amides is 2. The summed E-state index contributed by atoms with van der Waals surface area (Å²) in [5.74, 6) is -0.349. The molecule has 12 heteroatoms. The minimum atomic E-state index is -4.70. The fraction of sp³-hybridized carbons (Fsp3) is 0.522. The number of hydrogen-bond donors (Lipinski definition) is 1. The molecule has 0 aliphatic carbocycles. The quantitative estimate of drug-likeness (QED) is 0.655. The minimum absolute atomic E-state index is 0.0259. The molecule has 0 unspecified atom stereocenters. The maximum absolute atomic E-state index is 13.7. The van der Waals surface area contributed by atoms with Crippen molar-refractivity contribution in [1.29, 1.82) is 0 Å². The lowest BCUT2D eigenvalue weighted by Gasteiger charge is -2.44. The zero-order chi connectivity index (χ0) is 25.4. The van der Waals surface area contributed by atoms with Crippen molar-refractivity contribution in [3.8, 4) is 0 Å². The highest BCUT2D eigenvalue weighted by Gasteiger charge is 2.46. The zero-order valence-electron chi connectivity index (χ0n) is 19.2. The Morgan fingerprint density at radius 2 is 1.63 bits per heavy atom. The lowest BCUT2D eigenvalue weighted by molar-refractivity contribution is -0.144. The number of carbonyl (C=O) groups is 2. The number of hydrogen-bond acceptors (Lipinski definition) is 4. The number of alkyl halides is 3. The van der Waals surface area contributed by atoms with Crippen LogP contribution in [0.1, 0.15) is 29.8 Å². The Hall–Kier alpha value is -2.30. The van der Waals surface area contributed by atoms with Gasteiger partial charge in [0.25, 0.3) is 0 Å². The lowest BCUT2D eigenvalue weighted by atomic mass is 9.71. The van der Waals surface area contributed by atoms with Gasteiger partial charge in [0.15, 0.2) is 5.69 Å². The molecule has 2 saturated heterocycles. The van der Waals surface area contributed by atoms with Crippen LogP contribution >= 0.6 is 23.2 Å². The molecule has 190 valence electrons. The molecule has 2 aliphatic heterocycles. The number of rotatable bonds is 4. The van der Waals surface area contributed by atoms with Gasteiger partial charge < -0.3 is 15.1 Å². The SMILES string of the molecule is Cc1c(Cl)c(C(F)(F)F)nn1CC(=O)N1CCC(C(=O)N2CCNCC2)(c2ccc(Cl)cc2)CC1. The van der Waals surface area contributed by atoms with Crippen LogP contribution in [-0.2, 0) is 27.7 Å². The molecule has 7 nitrogen and oxygen atoms in total. The maximum Gasteiger partial charge on any atom is 0.436 e. The predicted octanol–water partition coefficient (Wildman–Crippen LogP) is 3.51. The number of likely N-dealkylation sites (tertiary alicyclic amines) is 1. The number of benzene rings is 1. The Kier molecular flexibility index (Phi) is 7.36. The summed E-state index contributed by atoms with van der Waals surface area (Å²) < 4.78 is 40.4. The topological polar surface area (TPSA) is 70.5 Å². The normalized spacial score (nSPS) is 18.6. The van der Waals surface area contributed by atoms with Crippen LogP contribution in [0.4, 0.5) is 13.2 Å².